The molecule has 0 bridgehead atoms. The van der Waals surface area contributed by atoms with Crippen molar-refractivity contribution < 1.29 is 22.4 Å². The van der Waals surface area contributed by atoms with Gasteiger partial charge in [0.1, 0.15) is 6.33 Å². The van der Waals surface area contributed by atoms with Gasteiger partial charge in [-0.15, -0.1) is 0 Å². The molecule has 1 saturated heterocycles. The number of aromatic nitrogens is 2. The van der Waals surface area contributed by atoms with Crippen molar-refractivity contribution in [1.29, 1.82) is 0 Å². The molecule has 2 heterocycles. The number of rotatable bonds is 7. The van der Waals surface area contributed by atoms with Crippen LogP contribution in [0, 0.1) is 11.7 Å². The van der Waals surface area contributed by atoms with Crippen molar-refractivity contribution in [2.75, 3.05) is 11.4 Å². The fourth-order valence-corrected chi connectivity index (χ4v) is 4.55. The molecule has 3 aromatic rings. The summed E-state index contributed by atoms with van der Waals surface area (Å²) in [6, 6.07) is 12.2. The Morgan fingerprint density at radius 1 is 1.03 bits per heavy atom. The van der Waals surface area contributed by atoms with Crippen LogP contribution < -0.4 is 10.6 Å². The van der Waals surface area contributed by atoms with E-state index in [1.54, 1.807) is 0 Å². The lowest BCUT2D eigenvalue weighted by Gasteiger charge is -2.27. The standard InChI is InChI=1S/C26H26F4N4O/c1-16-12-22(19-7-9-20(10-8-19)26(28,29)30)34(14-16)25-24(27)21(32-15-33-25)11-6-17-2-4-18(5-3-17)13-23(31)35/h2-5,7-10,15-16,22H,6,11-14H2,1H3,(H2,31,35). The molecule has 4 rings (SSSR count). The lowest BCUT2D eigenvalue weighted by atomic mass is 9.99. The third-order valence-electron chi connectivity index (χ3n) is 6.30. The molecule has 0 radical (unpaired) electrons. The normalized spacial score (nSPS) is 18.1. The van der Waals surface area contributed by atoms with E-state index >= 15 is 4.39 Å². The van der Waals surface area contributed by atoms with E-state index in [9.17, 15) is 18.0 Å². The van der Waals surface area contributed by atoms with Crippen molar-refractivity contribution in [1.82, 2.24) is 9.97 Å². The van der Waals surface area contributed by atoms with E-state index in [2.05, 4.69) is 9.97 Å². The maximum atomic E-state index is 15.5. The molecule has 2 unspecified atom stereocenters. The van der Waals surface area contributed by atoms with Crippen LogP contribution in [0.3, 0.4) is 0 Å². The van der Waals surface area contributed by atoms with Gasteiger partial charge in [-0.3, -0.25) is 4.79 Å². The third-order valence-corrected chi connectivity index (χ3v) is 6.30. The van der Waals surface area contributed by atoms with Gasteiger partial charge in [-0.05, 0) is 54.0 Å². The Morgan fingerprint density at radius 2 is 1.69 bits per heavy atom. The predicted molar refractivity (Wildman–Crippen MR) is 124 cm³/mol. The first-order valence-electron chi connectivity index (χ1n) is 11.4. The minimum atomic E-state index is -4.41. The number of hydrogen-bond donors (Lipinski definition) is 1. The number of alkyl halides is 3. The second-order valence-electron chi connectivity index (χ2n) is 9.05. The molecule has 2 atom stereocenters. The Kier molecular flexibility index (Phi) is 7.05. The molecule has 9 heteroatoms. The van der Waals surface area contributed by atoms with E-state index in [0.717, 1.165) is 23.3 Å². The van der Waals surface area contributed by atoms with Crippen LogP contribution in [0.1, 0.15) is 47.3 Å². The predicted octanol–water partition coefficient (Wildman–Crippen LogP) is 5.04. The van der Waals surface area contributed by atoms with Gasteiger partial charge in [-0.2, -0.15) is 13.2 Å². The van der Waals surface area contributed by atoms with Crippen LogP contribution in [0.4, 0.5) is 23.4 Å². The number of benzene rings is 2. The molecule has 35 heavy (non-hydrogen) atoms. The Hall–Kier alpha value is -3.49. The lowest BCUT2D eigenvalue weighted by Crippen LogP contribution is -2.26. The van der Waals surface area contributed by atoms with Crippen LogP contribution in [0.25, 0.3) is 0 Å². The second-order valence-corrected chi connectivity index (χ2v) is 9.05. The van der Waals surface area contributed by atoms with Gasteiger partial charge in [0.05, 0.1) is 23.7 Å². The molecule has 184 valence electrons. The summed E-state index contributed by atoms with van der Waals surface area (Å²) in [7, 11) is 0. The van der Waals surface area contributed by atoms with Gasteiger partial charge in [0, 0.05) is 6.54 Å². The smallest absolute Gasteiger partial charge is 0.369 e. The summed E-state index contributed by atoms with van der Waals surface area (Å²) in [6.45, 7) is 2.57. The van der Waals surface area contributed by atoms with Crippen molar-refractivity contribution in [3.63, 3.8) is 0 Å². The highest BCUT2D eigenvalue weighted by Gasteiger charge is 2.35. The SMILES string of the molecule is CC1CC(c2ccc(C(F)(F)F)cc2)N(c2ncnc(CCc3ccc(CC(N)=O)cc3)c2F)C1. The molecule has 1 aliphatic heterocycles. The second kappa shape index (κ2) is 10.0. The number of carbonyl (C=O) groups excluding carboxylic acids is 1. The first kappa shape index (κ1) is 24.6. The number of hydrogen-bond acceptors (Lipinski definition) is 4. The number of amides is 1. The van der Waals surface area contributed by atoms with Gasteiger partial charge in [0.2, 0.25) is 5.91 Å². The minimum Gasteiger partial charge on any atom is -0.369 e. The topological polar surface area (TPSA) is 72.1 Å². The van der Waals surface area contributed by atoms with Crippen molar-refractivity contribution in [2.45, 2.75) is 44.8 Å². The Morgan fingerprint density at radius 3 is 2.31 bits per heavy atom. The maximum Gasteiger partial charge on any atom is 0.416 e. The van der Waals surface area contributed by atoms with Crippen LogP contribution in [-0.2, 0) is 30.2 Å². The summed E-state index contributed by atoms with van der Waals surface area (Å²) in [6.07, 6.45) is -1.33. The molecule has 0 saturated carbocycles. The molecule has 2 aromatic carbocycles. The highest BCUT2D eigenvalue weighted by molar-refractivity contribution is 5.76. The number of halogens is 4. The number of anilines is 1. The highest BCUT2D eigenvalue weighted by atomic mass is 19.4. The first-order chi connectivity index (χ1) is 16.6. The Balaban J connectivity index is 1.52. The van der Waals surface area contributed by atoms with E-state index in [-0.39, 0.29) is 29.9 Å². The zero-order valence-corrected chi connectivity index (χ0v) is 19.2. The number of nitrogens with two attached hydrogens (primary N) is 1. The average Bonchev–Trinajstić information content (AvgIpc) is 3.20. The molecule has 5 nitrogen and oxygen atoms in total. The molecule has 1 aromatic heterocycles. The number of aryl methyl sites for hydroxylation is 2. The fourth-order valence-electron chi connectivity index (χ4n) is 4.55. The summed E-state index contributed by atoms with van der Waals surface area (Å²) < 4.78 is 54.4. The van der Waals surface area contributed by atoms with Gasteiger partial charge in [-0.1, -0.05) is 43.3 Å². The van der Waals surface area contributed by atoms with E-state index < -0.39 is 23.5 Å². The summed E-state index contributed by atoms with van der Waals surface area (Å²) in [5.74, 6) is -0.525. The molecule has 2 N–H and O–H groups in total. The Bertz CT molecular complexity index is 1180. The molecule has 0 aliphatic carbocycles. The first-order valence-corrected chi connectivity index (χ1v) is 11.4. The molecule has 1 aliphatic rings. The summed E-state index contributed by atoms with van der Waals surface area (Å²) in [5.41, 5.74) is 7.26. The largest absolute Gasteiger partial charge is 0.416 e. The van der Waals surface area contributed by atoms with Crippen molar-refractivity contribution in [3.05, 3.63) is 88.6 Å². The van der Waals surface area contributed by atoms with Crippen LogP contribution >= 0.6 is 0 Å². The molecule has 0 spiro atoms. The lowest BCUT2D eigenvalue weighted by molar-refractivity contribution is -0.137. The minimum absolute atomic E-state index is 0.165. The molecular formula is C26H26F4N4O. The number of primary amides is 1. The van der Waals surface area contributed by atoms with Crippen molar-refractivity contribution >= 4 is 11.7 Å². The van der Waals surface area contributed by atoms with Gasteiger partial charge >= 0.3 is 6.18 Å². The van der Waals surface area contributed by atoms with Gasteiger partial charge < -0.3 is 10.6 Å². The quantitative estimate of drug-likeness (QED) is 0.475. The van der Waals surface area contributed by atoms with Crippen LogP contribution in [0.2, 0.25) is 0 Å². The third kappa shape index (κ3) is 5.78. The van der Waals surface area contributed by atoms with Crippen LogP contribution in [0.15, 0.2) is 54.9 Å². The summed E-state index contributed by atoms with van der Waals surface area (Å²) in [5, 5.41) is 0. The van der Waals surface area contributed by atoms with Crippen molar-refractivity contribution in [3.8, 4) is 0 Å². The zero-order chi connectivity index (χ0) is 25.2. The molecule has 1 fully saturated rings. The monoisotopic (exact) mass is 486 g/mol. The zero-order valence-electron chi connectivity index (χ0n) is 19.2. The van der Waals surface area contributed by atoms with E-state index in [1.807, 2.05) is 36.1 Å². The maximum absolute atomic E-state index is 15.5. The summed E-state index contributed by atoms with van der Waals surface area (Å²) >= 11 is 0. The average molecular weight is 487 g/mol. The van der Waals surface area contributed by atoms with E-state index in [0.29, 0.717) is 31.4 Å². The molecule has 1 amide bonds. The number of carbonyl (C=O) groups is 1. The van der Waals surface area contributed by atoms with Gasteiger partial charge in [0.15, 0.2) is 11.6 Å². The van der Waals surface area contributed by atoms with Crippen LogP contribution in [0.5, 0.6) is 0 Å². The number of nitrogens with zero attached hydrogens (tertiary/aromatic N) is 3. The van der Waals surface area contributed by atoms with Crippen LogP contribution in [-0.4, -0.2) is 22.4 Å². The fraction of sp³-hybridized carbons (Fsp3) is 0.346. The van der Waals surface area contributed by atoms with Crippen molar-refractivity contribution in [2.24, 2.45) is 11.7 Å². The summed E-state index contributed by atoms with van der Waals surface area (Å²) in [4.78, 5) is 21.2. The van der Waals surface area contributed by atoms with E-state index in [1.165, 1.54) is 18.5 Å². The Labute approximate surface area is 201 Å². The van der Waals surface area contributed by atoms with E-state index in [4.69, 9.17) is 5.73 Å². The van der Waals surface area contributed by atoms with Gasteiger partial charge in [-0.25, -0.2) is 14.4 Å². The van der Waals surface area contributed by atoms with Gasteiger partial charge in [0.25, 0.3) is 0 Å². The molecular weight excluding hydrogens is 460 g/mol. The highest BCUT2D eigenvalue weighted by Crippen LogP contribution is 2.40.